The second kappa shape index (κ2) is 7.27. The molecule has 0 saturated carbocycles. The van der Waals surface area contributed by atoms with Gasteiger partial charge in [-0.1, -0.05) is 6.92 Å². The van der Waals surface area contributed by atoms with Crippen molar-refractivity contribution in [1.29, 1.82) is 0 Å². The molecule has 0 aliphatic rings. The minimum absolute atomic E-state index is 0.0474. The van der Waals surface area contributed by atoms with Gasteiger partial charge in [-0.15, -0.1) is 0 Å². The normalized spacial score (nSPS) is 13.2. The van der Waals surface area contributed by atoms with Gasteiger partial charge in [-0.25, -0.2) is 0 Å². The fourth-order valence-electron chi connectivity index (χ4n) is 1.61. The average Bonchev–Trinajstić information content (AvgIpc) is 2.14. The van der Waals surface area contributed by atoms with E-state index in [1.54, 1.807) is 0 Å². The summed E-state index contributed by atoms with van der Waals surface area (Å²) in [4.78, 5) is 22.2. The third-order valence-corrected chi connectivity index (χ3v) is 2.49. The summed E-state index contributed by atoms with van der Waals surface area (Å²) in [6.45, 7) is 8.45. The summed E-state index contributed by atoms with van der Waals surface area (Å²) in [5, 5.41) is 14.6. The molecule has 17 heavy (non-hydrogen) atoms. The molecule has 0 aliphatic heterocycles. The van der Waals surface area contributed by atoms with Crippen LogP contribution >= 0.6 is 0 Å². The van der Waals surface area contributed by atoms with Crippen LogP contribution in [0.5, 0.6) is 0 Å². The van der Waals surface area contributed by atoms with Crippen molar-refractivity contribution in [2.45, 2.75) is 58.5 Å². The lowest BCUT2D eigenvalue weighted by molar-refractivity contribution is -0.137. The number of carboxylic acid groups (broad SMARTS) is 1. The van der Waals surface area contributed by atoms with Crippen LogP contribution in [0.25, 0.3) is 0 Å². The fraction of sp³-hybridized carbons (Fsp3) is 0.833. The van der Waals surface area contributed by atoms with Crippen LogP contribution in [0.15, 0.2) is 0 Å². The van der Waals surface area contributed by atoms with Gasteiger partial charge in [-0.3, -0.25) is 9.59 Å². The number of amides is 1. The van der Waals surface area contributed by atoms with Crippen molar-refractivity contribution in [3.8, 4) is 0 Å². The van der Waals surface area contributed by atoms with Crippen LogP contribution in [0.1, 0.15) is 47.0 Å². The maximum absolute atomic E-state index is 11.7. The van der Waals surface area contributed by atoms with Crippen LogP contribution in [0.4, 0.5) is 0 Å². The number of hydrogen-bond donors (Lipinski definition) is 3. The van der Waals surface area contributed by atoms with E-state index in [-0.39, 0.29) is 18.4 Å². The molecule has 0 aromatic carbocycles. The van der Waals surface area contributed by atoms with E-state index in [1.165, 1.54) is 0 Å². The van der Waals surface area contributed by atoms with Crippen molar-refractivity contribution < 1.29 is 14.7 Å². The van der Waals surface area contributed by atoms with Crippen LogP contribution in [0, 0.1) is 0 Å². The number of hydrogen-bond acceptors (Lipinski definition) is 3. The summed E-state index contributed by atoms with van der Waals surface area (Å²) in [5.74, 6) is -0.887. The molecule has 0 fully saturated rings. The van der Waals surface area contributed by atoms with Gasteiger partial charge in [0.1, 0.15) is 0 Å². The highest BCUT2D eigenvalue weighted by atomic mass is 16.4. The third kappa shape index (κ3) is 8.68. The molecular formula is C12H24N2O3. The van der Waals surface area contributed by atoms with E-state index in [2.05, 4.69) is 10.6 Å². The Hall–Kier alpha value is -1.10. The lowest BCUT2D eigenvalue weighted by Crippen LogP contribution is -2.45. The number of aliphatic carboxylic acids is 1. The summed E-state index contributed by atoms with van der Waals surface area (Å²) >= 11 is 0. The molecule has 0 spiro atoms. The highest BCUT2D eigenvalue weighted by Gasteiger charge is 2.22. The Kier molecular flexibility index (Phi) is 6.80. The molecule has 1 amide bonds. The van der Waals surface area contributed by atoms with Crippen LogP contribution in [0.2, 0.25) is 0 Å². The van der Waals surface area contributed by atoms with Crippen LogP contribution < -0.4 is 10.6 Å². The van der Waals surface area contributed by atoms with Gasteiger partial charge in [0.05, 0.1) is 0 Å². The summed E-state index contributed by atoms with van der Waals surface area (Å²) in [6, 6.07) is 0.135. The van der Waals surface area contributed by atoms with Gasteiger partial charge in [0.15, 0.2) is 0 Å². The van der Waals surface area contributed by atoms with Crippen molar-refractivity contribution in [1.82, 2.24) is 10.6 Å². The van der Waals surface area contributed by atoms with Crippen molar-refractivity contribution in [2.24, 2.45) is 0 Å². The quantitative estimate of drug-likeness (QED) is 0.598. The third-order valence-electron chi connectivity index (χ3n) is 2.49. The van der Waals surface area contributed by atoms with Crippen molar-refractivity contribution >= 4 is 11.9 Å². The molecule has 100 valence electrons. The maximum atomic E-state index is 11.7. The van der Waals surface area contributed by atoms with Gasteiger partial charge in [-0.05, 0) is 33.7 Å². The summed E-state index contributed by atoms with van der Waals surface area (Å²) in [5.41, 5.74) is -0.471. The molecule has 0 rings (SSSR count). The maximum Gasteiger partial charge on any atom is 0.303 e. The molecule has 5 nitrogen and oxygen atoms in total. The standard InChI is InChI=1S/C12H24N2O3/c1-5-13-9(2)8-10(15)14-12(3,4)7-6-11(16)17/h9,13H,5-8H2,1-4H3,(H,14,15)(H,16,17). The Morgan fingerprint density at radius 1 is 1.35 bits per heavy atom. The Bertz CT molecular complexity index is 264. The molecule has 0 aromatic rings. The largest absolute Gasteiger partial charge is 0.481 e. The molecule has 0 saturated heterocycles. The van der Waals surface area contributed by atoms with Crippen LogP contribution in [-0.4, -0.2) is 35.1 Å². The Labute approximate surface area is 103 Å². The Morgan fingerprint density at radius 2 is 1.94 bits per heavy atom. The van der Waals surface area contributed by atoms with Gasteiger partial charge in [-0.2, -0.15) is 0 Å². The monoisotopic (exact) mass is 244 g/mol. The first kappa shape index (κ1) is 15.9. The van der Waals surface area contributed by atoms with Gasteiger partial charge in [0, 0.05) is 24.4 Å². The van der Waals surface area contributed by atoms with Gasteiger partial charge in [0.2, 0.25) is 5.91 Å². The molecule has 1 atom stereocenters. The number of rotatable bonds is 8. The zero-order chi connectivity index (χ0) is 13.5. The van der Waals surface area contributed by atoms with Crippen molar-refractivity contribution in [3.05, 3.63) is 0 Å². The molecular weight excluding hydrogens is 220 g/mol. The second-order valence-electron chi connectivity index (χ2n) is 4.99. The first-order chi connectivity index (χ1) is 7.76. The summed E-state index contributed by atoms with van der Waals surface area (Å²) in [6.07, 6.45) is 0.907. The van der Waals surface area contributed by atoms with Gasteiger partial charge in [0.25, 0.3) is 0 Å². The van der Waals surface area contributed by atoms with Gasteiger partial charge < -0.3 is 15.7 Å². The topological polar surface area (TPSA) is 78.4 Å². The molecule has 1 unspecified atom stereocenters. The zero-order valence-corrected chi connectivity index (χ0v) is 11.2. The molecule has 0 aliphatic carbocycles. The van der Waals surface area contributed by atoms with E-state index in [1.807, 2.05) is 27.7 Å². The molecule has 3 N–H and O–H groups in total. The van der Waals surface area contributed by atoms with Crippen LogP contribution in [-0.2, 0) is 9.59 Å². The summed E-state index contributed by atoms with van der Waals surface area (Å²) < 4.78 is 0. The lowest BCUT2D eigenvalue weighted by Gasteiger charge is -2.26. The van der Waals surface area contributed by atoms with E-state index >= 15 is 0 Å². The molecule has 0 aromatic heterocycles. The van der Waals surface area contributed by atoms with E-state index in [0.717, 1.165) is 6.54 Å². The van der Waals surface area contributed by atoms with E-state index in [0.29, 0.717) is 12.8 Å². The Balaban J connectivity index is 4.03. The lowest BCUT2D eigenvalue weighted by atomic mass is 9.98. The minimum Gasteiger partial charge on any atom is -0.481 e. The number of carbonyl (C=O) groups is 2. The minimum atomic E-state index is -0.839. The second-order valence-corrected chi connectivity index (χ2v) is 4.99. The smallest absolute Gasteiger partial charge is 0.303 e. The van der Waals surface area contributed by atoms with Crippen LogP contribution in [0.3, 0.4) is 0 Å². The first-order valence-electron chi connectivity index (χ1n) is 6.03. The number of carbonyl (C=O) groups excluding carboxylic acids is 1. The first-order valence-corrected chi connectivity index (χ1v) is 6.03. The van der Waals surface area contributed by atoms with E-state index in [4.69, 9.17) is 5.11 Å². The zero-order valence-electron chi connectivity index (χ0n) is 11.2. The van der Waals surface area contributed by atoms with E-state index in [9.17, 15) is 9.59 Å². The predicted octanol–water partition coefficient (Wildman–Crippen LogP) is 1.13. The molecule has 0 bridgehead atoms. The highest BCUT2D eigenvalue weighted by molar-refractivity contribution is 5.77. The number of nitrogens with one attached hydrogen (secondary N) is 2. The van der Waals surface area contributed by atoms with Crippen molar-refractivity contribution in [3.63, 3.8) is 0 Å². The molecule has 0 radical (unpaired) electrons. The highest BCUT2D eigenvalue weighted by Crippen LogP contribution is 2.11. The predicted molar refractivity (Wildman–Crippen MR) is 66.8 cm³/mol. The van der Waals surface area contributed by atoms with Crippen molar-refractivity contribution in [2.75, 3.05) is 6.54 Å². The average molecular weight is 244 g/mol. The van der Waals surface area contributed by atoms with E-state index < -0.39 is 11.5 Å². The molecule has 5 heteroatoms. The SMILES string of the molecule is CCNC(C)CC(=O)NC(C)(C)CCC(=O)O. The molecule has 0 heterocycles. The Morgan fingerprint density at radius 3 is 2.41 bits per heavy atom. The fourth-order valence-corrected chi connectivity index (χ4v) is 1.61. The van der Waals surface area contributed by atoms with Gasteiger partial charge >= 0.3 is 5.97 Å². The number of carboxylic acids is 1. The summed E-state index contributed by atoms with van der Waals surface area (Å²) in [7, 11) is 0.